The Balaban J connectivity index is 3.06. The van der Waals surface area contributed by atoms with Gasteiger partial charge in [0.1, 0.15) is 5.75 Å². The molecule has 13 heavy (non-hydrogen) atoms. The van der Waals surface area contributed by atoms with Crippen molar-refractivity contribution in [3.8, 4) is 5.75 Å². The summed E-state index contributed by atoms with van der Waals surface area (Å²) < 4.78 is 5.15. The Morgan fingerprint density at radius 2 is 2.15 bits per heavy atom. The van der Waals surface area contributed by atoms with Crippen LogP contribution in [-0.2, 0) is 6.42 Å². The number of aliphatic hydroxyl groups excluding tert-OH is 1. The van der Waals surface area contributed by atoms with Gasteiger partial charge in [0.05, 0.1) is 7.11 Å². The second-order valence-corrected chi connectivity index (χ2v) is 3.29. The molecule has 0 spiro atoms. The molecule has 0 bridgehead atoms. The van der Waals surface area contributed by atoms with Gasteiger partial charge >= 0.3 is 0 Å². The van der Waals surface area contributed by atoms with Crippen LogP contribution >= 0.6 is 11.6 Å². The molecule has 0 aromatic heterocycles. The van der Waals surface area contributed by atoms with Gasteiger partial charge in [-0.2, -0.15) is 0 Å². The van der Waals surface area contributed by atoms with E-state index >= 15 is 0 Å². The van der Waals surface area contributed by atoms with Crippen LogP contribution in [0.5, 0.6) is 5.75 Å². The van der Waals surface area contributed by atoms with Crippen LogP contribution in [0.15, 0.2) is 12.1 Å². The maximum atomic E-state index is 8.78. The highest BCUT2D eigenvalue weighted by Gasteiger charge is 2.05. The lowest BCUT2D eigenvalue weighted by molar-refractivity contribution is 0.299. The molecular weight excluding hydrogens is 188 g/mol. The summed E-state index contributed by atoms with van der Waals surface area (Å²) in [6.07, 6.45) is 0.565. The first-order valence-electron chi connectivity index (χ1n) is 4.13. The number of hydrogen-bond donors (Lipinski definition) is 1. The second kappa shape index (κ2) is 4.49. The van der Waals surface area contributed by atoms with Crippen molar-refractivity contribution in [3.63, 3.8) is 0 Å². The number of ether oxygens (including phenoxy) is 1. The summed E-state index contributed by atoms with van der Waals surface area (Å²) in [5.41, 5.74) is 1.93. The SMILES string of the molecule is COc1cc(CCO)c(Cl)cc1C. The molecule has 1 N–H and O–H groups in total. The van der Waals surface area contributed by atoms with Crippen molar-refractivity contribution in [2.45, 2.75) is 13.3 Å². The first-order chi connectivity index (χ1) is 6.19. The minimum atomic E-state index is 0.103. The first kappa shape index (κ1) is 10.4. The minimum Gasteiger partial charge on any atom is -0.496 e. The van der Waals surface area contributed by atoms with E-state index in [1.807, 2.05) is 19.1 Å². The normalized spacial score (nSPS) is 10.2. The Kier molecular flexibility index (Phi) is 3.58. The van der Waals surface area contributed by atoms with Crippen molar-refractivity contribution >= 4 is 11.6 Å². The molecule has 0 aliphatic rings. The summed E-state index contributed by atoms with van der Waals surface area (Å²) in [4.78, 5) is 0. The topological polar surface area (TPSA) is 29.5 Å². The van der Waals surface area contributed by atoms with Gasteiger partial charge in [0.25, 0.3) is 0 Å². The highest BCUT2D eigenvalue weighted by Crippen LogP contribution is 2.26. The molecule has 1 aromatic rings. The summed E-state index contributed by atoms with van der Waals surface area (Å²) in [6, 6.07) is 3.72. The third kappa shape index (κ3) is 2.36. The van der Waals surface area contributed by atoms with Crippen LogP contribution in [0.4, 0.5) is 0 Å². The van der Waals surface area contributed by atoms with E-state index in [4.69, 9.17) is 21.4 Å². The fraction of sp³-hybridized carbons (Fsp3) is 0.400. The van der Waals surface area contributed by atoms with Crippen LogP contribution in [0.1, 0.15) is 11.1 Å². The molecule has 0 saturated heterocycles. The van der Waals surface area contributed by atoms with Gasteiger partial charge in [-0.1, -0.05) is 11.6 Å². The van der Waals surface area contributed by atoms with Gasteiger partial charge in [-0.05, 0) is 36.6 Å². The van der Waals surface area contributed by atoms with Gasteiger partial charge in [-0.3, -0.25) is 0 Å². The zero-order valence-corrected chi connectivity index (χ0v) is 8.56. The van der Waals surface area contributed by atoms with Crippen LogP contribution in [0, 0.1) is 6.92 Å². The molecule has 0 heterocycles. The predicted octanol–water partition coefficient (Wildman–Crippen LogP) is 2.19. The van der Waals surface area contributed by atoms with E-state index < -0.39 is 0 Å². The average Bonchev–Trinajstić information content (AvgIpc) is 2.10. The number of aliphatic hydroxyl groups is 1. The molecule has 1 rings (SSSR count). The highest BCUT2D eigenvalue weighted by atomic mass is 35.5. The van der Waals surface area contributed by atoms with Crippen molar-refractivity contribution in [2.24, 2.45) is 0 Å². The van der Waals surface area contributed by atoms with Crippen molar-refractivity contribution in [2.75, 3.05) is 13.7 Å². The Morgan fingerprint density at radius 1 is 1.46 bits per heavy atom. The molecule has 0 fully saturated rings. The van der Waals surface area contributed by atoms with Crippen LogP contribution in [-0.4, -0.2) is 18.8 Å². The van der Waals surface area contributed by atoms with Gasteiger partial charge in [0.2, 0.25) is 0 Å². The fourth-order valence-electron chi connectivity index (χ4n) is 1.23. The minimum absolute atomic E-state index is 0.103. The van der Waals surface area contributed by atoms with E-state index in [1.54, 1.807) is 7.11 Å². The Morgan fingerprint density at radius 3 is 2.69 bits per heavy atom. The van der Waals surface area contributed by atoms with E-state index in [0.29, 0.717) is 11.4 Å². The van der Waals surface area contributed by atoms with Gasteiger partial charge in [0, 0.05) is 11.6 Å². The van der Waals surface area contributed by atoms with Gasteiger partial charge in [-0.15, -0.1) is 0 Å². The lowest BCUT2D eigenvalue weighted by atomic mass is 10.1. The Labute approximate surface area is 83.1 Å². The largest absolute Gasteiger partial charge is 0.496 e. The molecule has 2 nitrogen and oxygen atoms in total. The third-order valence-electron chi connectivity index (χ3n) is 1.95. The zero-order chi connectivity index (χ0) is 9.84. The standard InChI is InChI=1S/C10H13ClO2/c1-7-5-9(11)8(3-4-12)6-10(7)13-2/h5-6,12H,3-4H2,1-2H3. The molecule has 0 atom stereocenters. The summed E-state index contributed by atoms with van der Waals surface area (Å²) in [7, 11) is 1.62. The zero-order valence-electron chi connectivity index (χ0n) is 7.80. The average molecular weight is 201 g/mol. The third-order valence-corrected chi connectivity index (χ3v) is 2.30. The fourth-order valence-corrected chi connectivity index (χ4v) is 1.54. The van der Waals surface area contributed by atoms with Crippen LogP contribution in [0.3, 0.4) is 0 Å². The number of methoxy groups -OCH3 is 1. The van der Waals surface area contributed by atoms with Crippen molar-refractivity contribution < 1.29 is 9.84 Å². The highest BCUT2D eigenvalue weighted by molar-refractivity contribution is 6.31. The molecule has 0 unspecified atom stereocenters. The maximum absolute atomic E-state index is 8.78. The second-order valence-electron chi connectivity index (χ2n) is 2.89. The van der Waals surface area contributed by atoms with Crippen molar-refractivity contribution in [1.29, 1.82) is 0 Å². The molecule has 0 aliphatic carbocycles. The van der Waals surface area contributed by atoms with E-state index in [1.165, 1.54) is 0 Å². The number of aryl methyl sites for hydroxylation is 1. The summed E-state index contributed by atoms with van der Waals surface area (Å²) >= 11 is 5.97. The molecule has 0 radical (unpaired) electrons. The Bertz CT molecular complexity index is 297. The molecule has 0 amide bonds. The quantitative estimate of drug-likeness (QED) is 0.811. The van der Waals surface area contributed by atoms with E-state index in [-0.39, 0.29) is 6.61 Å². The Hall–Kier alpha value is -0.730. The summed E-state index contributed by atoms with van der Waals surface area (Å²) in [6.45, 7) is 2.04. The van der Waals surface area contributed by atoms with E-state index in [9.17, 15) is 0 Å². The lowest BCUT2D eigenvalue weighted by Crippen LogP contribution is -1.95. The van der Waals surface area contributed by atoms with Gasteiger partial charge in [-0.25, -0.2) is 0 Å². The van der Waals surface area contributed by atoms with Crippen LogP contribution < -0.4 is 4.74 Å². The summed E-state index contributed by atoms with van der Waals surface area (Å²) in [5, 5.41) is 9.46. The number of hydrogen-bond acceptors (Lipinski definition) is 2. The van der Waals surface area contributed by atoms with Gasteiger partial charge < -0.3 is 9.84 Å². The summed E-state index contributed by atoms with van der Waals surface area (Å²) in [5.74, 6) is 0.813. The monoisotopic (exact) mass is 200 g/mol. The molecule has 0 saturated carbocycles. The molecule has 3 heteroatoms. The number of benzene rings is 1. The van der Waals surface area contributed by atoms with Crippen LogP contribution in [0.2, 0.25) is 5.02 Å². The molecule has 72 valence electrons. The molecule has 0 aliphatic heterocycles. The van der Waals surface area contributed by atoms with Crippen LogP contribution in [0.25, 0.3) is 0 Å². The number of rotatable bonds is 3. The van der Waals surface area contributed by atoms with E-state index in [0.717, 1.165) is 16.9 Å². The van der Waals surface area contributed by atoms with E-state index in [2.05, 4.69) is 0 Å². The molecule has 1 aromatic carbocycles. The first-order valence-corrected chi connectivity index (χ1v) is 4.50. The van der Waals surface area contributed by atoms with Crippen molar-refractivity contribution in [3.05, 3.63) is 28.3 Å². The number of halogens is 1. The van der Waals surface area contributed by atoms with Gasteiger partial charge in [0.15, 0.2) is 0 Å². The van der Waals surface area contributed by atoms with Crippen molar-refractivity contribution in [1.82, 2.24) is 0 Å². The molecular formula is C10H13ClO2. The predicted molar refractivity (Wildman–Crippen MR) is 53.5 cm³/mol. The lowest BCUT2D eigenvalue weighted by Gasteiger charge is -2.08. The smallest absolute Gasteiger partial charge is 0.122 e. The maximum Gasteiger partial charge on any atom is 0.122 e.